The van der Waals surface area contributed by atoms with E-state index in [1.807, 2.05) is 0 Å². The number of nitrogens with one attached hydrogen (secondary N) is 1. The fourth-order valence-corrected chi connectivity index (χ4v) is 9.51. The third kappa shape index (κ3) is 5.29. The number of ether oxygens (including phenoxy) is 2. The van der Waals surface area contributed by atoms with Crippen LogP contribution in [0.25, 0.3) is 0 Å². The molecule has 43 heavy (non-hydrogen) atoms. The van der Waals surface area contributed by atoms with Crippen LogP contribution in [-0.4, -0.2) is 54.0 Å². The summed E-state index contributed by atoms with van der Waals surface area (Å²) >= 11 is 0. The largest absolute Gasteiger partial charge is 0.494 e. The molecule has 4 aliphatic carbocycles. The molecule has 8 nitrogen and oxygen atoms in total. The van der Waals surface area contributed by atoms with E-state index in [9.17, 15) is 19.7 Å². The van der Waals surface area contributed by atoms with E-state index in [1.54, 1.807) is 6.07 Å². The molecular weight excluding hydrogens is 552 g/mol. The zero-order chi connectivity index (χ0) is 30.7. The number of halogens is 1. The number of esters is 1. The van der Waals surface area contributed by atoms with Crippen LogP contribution >= 0.6 is 0 Å². The molecule has 0 radical (unpaired) electrons. The van der Waals surface area contributed by atoms with E-state index >= 15 is 4.39 Å². The van der Waals surface area contributed by atoms with Gasteiger partial charge in [-0.3, -0.25) is 4.79 Å². The number of rotatable bonds is 8. The lowest BCUT2D eigenvalue weighted by Crippen LogP contribution is -2.62. The van der Waals surface area contributed by atoms with Gasteiger partial charge in [0.25, 0.3) is 0 Å². The summed E-state index contributed by atoms with van der Waals surface area (Å²) < 4.78 is 32.2. The lowest BCUT2D eigenvalue weighted by Gasteiger charge is -2.63. The molecule has 0 unspecified atom stereocenters. The summed E-state index contributed by atoms with van der Waals surface area (Å²) in [5.41, 5.74) is -0.428. The molecular formula is C33H47BFNO7. The molecule has 1 heterocycles. The average molecular weight is 600 g/mol. The van der Waals surface area contributed by atoms with Gasteiger partial charge >= 0.3 is 13.1 Å². The fraction of sp³-hybridized carbons (Fsp3) is 0.758. The molecule has 2 bridgehead atoms. The highest BCUT2D eigenvalue weighted by molar-refractivity contribution is 6.61. The summed E-state index contributed by atoms with van der Waals surface area (Å²) in [6, 6.07) is 3.35. The van der Waals surface area contributed by atoms with E-state index in [0.29, 0.717) is 36.7 Å². The minimum Gasteiger partial charge on any atom is -0.479 e. The van der Waals surface area contributed by atoms with Crippen LogP contribution in [-0.2, 0) is 25.6 Å². The van der Waals surface area contributed by atoms with Crippen LogP contribution in [0.4, 0.5) is 4.39 Å². The molecule has 236 valence electrons. The number of hydrogen-bond acceptors (Lipinski definition) is 7. The summed E-state index contributed by atoms with van der Waals surface area (Å²) in [6.07, 6.45) is 7.36. The first-order valence-corrected chi connectivity index (χ1v) is 16.3. The van der Waals surface area contributed by atoms with E-state index in [4.69, 9.17) is 14.1 Å². The molecule has 1 aromatic rings. The smallest absolute Gasteiger partial charge is 0.479 e. The molecule has 0 aromatic heterocycles. The van der Waals surface area contributed by atoms with Gasteiger partial charge in [0.2, 0.25) is 5.91 Å². The summed E-state index contributed by atoms with van der Waals surface area (Å²) in [7, 11) is -1.36. The van der Waals surface area contributed by atoms with Crippen molar-refractivity contribution in [2.24, 2.45) is 34.0 Å². The maximum Gasteiger partial charge on any atom is 0.494 e. The van der Waals surface area contributed by atoms with Crippen LogP contribution in [0.5, 0.6) is 5.75 Å². The molecule has 3 N–H and O–H groups in total. The first kappa shape index (κ1) is 30.8. The molecule has 4 saturated carbocycles. The second-order valence-electron chi connectivity index (χ2n) is 14.8. The predicted octanol–water partition coefficient (Wildman–Crippen LogP) is 4.02. The van der Waals surface area contributed by atoms with Crippen LogP contribution in [0.15, 0.2) is 12.1 Å². The van der Waals surface area contributed by atoms with E-state index in [0.717, 1.165) is 44.9 Å². The Hall–Kier alpha value is -2.17. The second-order valence-corrected chi connectivity index (χ2v) is 14.8. The second kappa shape index (κ2) is 11.3. The standard InChI is InChI=1S/C33H47BFNO7/c1-19-11-15-33-13-5-6-24(33)32(19,4)25(16-31(3,30(39)20(33)2)14-12-26(37)36-22-8-9-22)43-27(38)18-41-23-10-7-21-17-42-34(40)28(21)29(23)35/h7,10,19-20,22,24-25,30,39-40H,5-6,8-9,11-18H2,1-4H3,(H,36,37)/t19-,20+,24+,25-,30+,31-,32-,33-/m1/s1. The van der Waals surface area contributed by atoms with E-state index in [1.165, 1.54) is 6.07 Å². The van der Waals surface area contributed by atoms with Crippen LogP contribution in [0.1, 0.15) is 97.5 Å². The lowest BCUT2D eigenvalue weighted by atomic mass is 9.43. The zero-order valence-electron chi connectivity index (χ0n) is 26.0. The maximum absolute atomic E-state index is 15.1. The molecule has 1 aliphatic heterocycles. The zero-order valence-corrected chi connectivity index (χ0v) is 26.0. The number of amides is 1. The van der Waals surface area contributed by atoms with Gasteiger partial charge in [-0.05, 0) is 91.6 Å². The number of hydrogen-bond donors (Lipinski definition) is 3. The predicted molar refractivity (Wildman–Crippen MR) is 159 cm³/mol. The van der Waals surface area contributed by atoms with Crippen molar-refractivity contribution >= 4 is 24.5 Å². The van der Waals surface area contributed by atoms with Crippen molar-refractivity contribution in [2.45, 2.75) is 117 Å². The Labute approximate surface area is 254 Å². The lowest BCUT2D eigenvalue weighted by molar-refractivity contribution is -0.214. The van der Waals surface area contributed by atoms with Gasteiger partial charge in [-0.2, -0.15) is 0 Å². The number of aliphatic hydroxyl groups is 1. The van der Waals surface area contributed by atoms with Gasteiger partial charge in [-0.1, -0.05) is 40.2 Å². The molecule has 10 heteroatoms. The van der Waals surface area contributed by atoms with Crippen molar-refractivity contribution in [3.05, 3.63) is 23.5 Å². The molecule has 0 spiro atoms. The molecule has 6 rings (SSSR count). The Morgan fingerprint density at radius 1 is 1.16 bits per heavy atom. The van der Waals surface area contributed by atoms with Gasteiger partial charge in [0, 0.05) is 23.3 Å². The van der Waals surface area contributed by atoms with Gasteiger partial charge in [-0.15, -0.1) is 0 Å². The minimum atomic E-state index is -1.36. The Morgan fingerprint density at radius 2 is 1.93 bits per heavy atom. The van der Waals surface area contributed by atoms with Crippen LogP contribution < -0.4 is 15.5 Å². The Bertz CT molecular complexity index is 1260. The molecule has 1 amide bonds. The summed E-state index contributed by atoms with van der Waals surface area (Å²) in [6.45, 7) is 8.42. The van der Waals surface area contributed by atoms with Crippen molar-refractivity contribution in [1.82, 2.24) is 5.32 Å². The van der Waals surface area contributed by atoms with Gasteiger partial charge in [0.15, 0.2) is 18.2 Å². The van der Waals surface area contributed by atoms with E-state index in [-0.39, 0.29) is 46.5 Å². The molecule has 8 atom stereocenters. The quantitative estimate of drug-likeness (QED) is 0.306. The summed E-state index contributed by atoms with van der Waals surface area (Å²) in [5, 5.41) is 25.2. The number of carbonyl (C=O) groups is 2. The van der Waals surface area contributed by atoms with Gasteiger partial charge in [0.1, 0.15) is 6.10 Å². The van der Waals surface area contributed by atoms with Crippen molar-refractivity contribution in [1.29, 1.82) is 0 Å². The van der Waals surface area contributed by atoms with E-state index < -0.39 is 43.1 Å². The number of fused-ring (bicyclic) bond motifs is 1. The van der Waals surface area contributed by atoms with Crippen molar-refractivity contribution in [3.8, 4) is 5.75 Å². The first-order valence-electron chi connectivity index (χ1n) is 16.3. The third-order valence-corrected chi connectivity index (χ3v) is 12.5. The van der Waals surface area contributed by atoms with E-state index in [2.05, 4.69) is 33.0 Å². The Morgan fingerprint density at radius 3 is 2.67 bits per heavy atom. The van der Waals surface area contributed by atoms with Gasteiger partial charge < -0.3 is 29.6 Å². The number of aliphatic hydroxyl groups excluding tert-OH is 1. The Balaban J connectivity index is 1.26. The average Bonchev–Trinajstić information content (AvgIpc) is 3.53. The van der Waals surface area contributed by atoms with Gasteiger partial charge in [-0.25, -0.2) is 9.18 Å². The highest BCUT2D eigenvalue weighted by atomic mass is 19.1. The van der Waals surface area contributed by atoms with Crippen LogP contribution in [0, 0.1) is 39.8 Å². The summed E-state index contributed by atoms with van der Waals surface area (Å²) in [5.74, 6) is -0.809. The minimum absolute atomic E-state index is 0.0103. The van der Waals surface area contributed by atoms with Gasteiger partial charge in [0.05, 0.1) is 12.7 Å². The maximum atomic E-state index is 15.1. The van der Waals surface area contributed by atoms with Crippen LogP contribution in [0.3, 0.4) is 0 Å². The summed E-state index contributed by atoms with van der Waals surface area (Å²) in [4.78, 5) is 26.2. The van der Waals surface area contributed by atoms with Crippen molar-refractivity contribution in [3.63, 3.8) is 0 Å². The highest BCUT2D eigenvalue weighted by Crippen LogP contribution is 2.69. The normalized spacial score (nSPS) is 38.5. The highest BCUT2D eigenvalue weighted by Gasteiger charge is 2.65. The van der Waals surface area contributed by atoms with Crippen molar-refractivity contribution < 1.29 is 38.2 Å². The fourth-order valence-electron chi connectivity index (χ4n) is 9.51. The monoisotopic (exact) mass is 599 g/mol. The van der Waals surface area contributed by atoms with Crippen molar-refractivity contribution in [2.75, 3.05) is 6.61 Å². The molecule has 1 aromatic carbocycles. The number of benzene rings is 1. The molecule has 4 fully saturated rings. The Kier molecular flexibility index (Phi) is 8.12. The number of carbonyl (C=O) groups excluding carboxylic acids is 2. The van der Waals surface area contributed by atoms with Crippen LogP contribution in [0.2, 0.25) is 0 Å². The first-order chi connectivity index (χ1) is 20.4. The molecule has 5 aliphatic rings. The SMILES string of the molecule is C[C@@H]1CC[C@@]23CCC[C@H]2[C@]1(C)[C@H](OC(=O)COc1ccc2c(c1F)B(O)OC2)C[C@@](C)(CCC(=O)NC1CC1)[C@@H](O)[C@@H]3C. The topological polar surface area (TPSA) is 114 Å². The third-order valence-electron chi connectivity index (χ3n) is 12.5. The molecule has 0 saturated heterocycles.